The second-order valence-electron chi connectivity index (χ2n) is 7.93. The average molecular weight is 458 g/mol. The van der Waals surface area contributed by atoms with Gasteiger partial charge in [0.2, 0.25) is 5.95 Å². The van der Waals surface area contributed by atoms with Crippen molar-refractivity contribution in [3.05, 3.63) is 89.4 Å². The highest BCUT2D eigenvalue weighted by Crippen LogP contribution is 2.40. The quantitative estimate of drug-likeness (QED) is 0.434. The summed E-state index contributed by atoms with van der Waals surface area (Å²) in [5.41, 5.74) is 4.07. The fourth-order valence-electron chi connectivity index (χ4n) is 4.31. The third-order valence-electron chi connectivity index (χ3n) is 5.92. The molecule has 0 spiro atoms. The number of carbonyl (C=O) groups is 1. The van der Waals surface area contributed by atoms with E-state index in [1.807, 2.05) is 35.8 Å². The number of amides is 1. The standard InChI is InChI=1S/C26H23FN4O3/c1-15-23(25(32)29-20-13-12-18(33-2)14-22(20)34-3)24(16-8-10-17(27)11-9-16)31-21-7-5-4-6-19(21)30-26(31)28-15/h4-14,24H,1-3H3,(H,28,30)(H,29,32). The predicted octanol–water partition coefficient (Wildman–Crippen LogP) is 5.12. The number of ether oxygens (including phenoxy) is 2. The first-order chi connectivity index (χ1) is 16.5. The number of imidazole rings is 1. The second kappa shape index (κ2) is 8.55. The maximum Gasteiger partial charge on any atom is 0.255 e. The molecule has 4 aromatic rings. The van der Waals surface area contributed by atoms with Crippen LogP contribution in [0.15, 0.2) is 78.0 Å². The number of fused-ring (bicyclic) bond motifs is 3. The van der Waals surface area contributed by atoms with Crippen LogP contribution in [0.2, 0.25) is 0 Å². The number of nitrogens with zero attached hydrogens (tertiary/aromatic N) is 2. The molecule has 0 saturated heterocycles. The SMILES string of the molecule is COc1ccc(NC(=O)C2=C(C)Nc3nc4ccccc4n3C2c2ccc(F)cc2)c(OC)c1. The van der Waals surface area contributed by atoms with Gasteiger partial charge in [0.05, 0.1) is 42.6 Å². The van der Waals surface area contributed by atoms with Crippen LogP contribution in [0.25, 0.3) is 11.0 Å². The topological polar surface area (TPSA) is 77.4 Å². The largest absolute Gasteiger partial charge is 0.497 e. The summed E-state index contributed by atoms with van der Waals surface area (Å²) in [4.78, 5) is 18.4. The first-order valence-electron chi connectivity index (χ1n) is 10.7. The Hall–Kier alpha value is -4.33. The van der Waals surface area contributed by atoms with Gasteiger partial charge in [0.25, 0.3) is 5.91 Å². The lowest BCUT2D eigenvalue weighted by Crippen LogP contribution is -2.31. The zero-order chi connectivity index (χ0) is 23.8. The summed E-state index contributed by atoms with van der Waals surface area (Å²) < 4.78 is 26.4. The van der Waals surface area contributed by atoms with Gasteiger partial charge >= 0.3 is 0 Å². The van der Waals surface area contributed by atoms with E-state index in [0.717, 1.165) is 16.6 Å². The molecule has 34 heavy (non-hydrogen) atoms. The molecule has 1 atom stereocenters. The molecule has 7 nitrogen and oxygen atoms in total. The highest BCUT2D eigenvalue weighted by atomic mass is 19.1. The van der Waals surface area contributed by atoms with Gasteiger partial charge in [-0.2, -0.15) is 0 Å². The van der Waals surface area contributed by atoms with E-state index in [1.165, 1.54) is 19.2 Å². The Kier molecular flexibility index (Phi) is 5.41. The van der Waals surface area contributed by atoms with Crippen molar-refractivity contribution in [3.8, 4) is 11.5 Å². The Labute approximate surface area is 195 Å². The summed E-state index contributed by atoms with van der Waals surface area (Å²) in [5, 5.41) is 6.24. The van der Waals surface area contributed by atoms with E-state index in [0.29, 0.717) is 34.4 Å². The molecule has 5 rings (SSSR count). The smallest absolute Gasteiger partial charge is 0.255 e. The molecular formula is C26H23FN4O3. The summed E-state index contributed by atoms with van der Waals surface area (Å²) in [5.74, 6) is 1.05. The van der Waals surface area contributed by atoms with Crippen molar-refractivity contribution in [2.75, 3.05) is 24.9 Å². The van der Waals surface area contributed by atoms with Crippen LogP contribution in [0.3, 0.4) is 0 Å². The van der Waals surface area contributed by atoms with E-state index >= 15 is 0 Å². The summed E-state index contributed by atoms with van der Waals surface area (Å²) in [7, 11) is 3.09. The minimum absolute atomic E-state index is 0.314. The summed E-state index contributed by atoms with van der Waals surface area (Å²) in [6.07, 6.45) is 0. The fraction of sp³-hybridized carbons (Fsp3) is 0.154. The van der Waals surface area contributed by atoms with Crippen LogP contribution >= 0.6 is 0 Å². The van der Waals surface area contributed by atoms with Gasteiger partial charge in [-0.3, -0.25) is 9.36 Å². The number of hydrogen-bond donors (Lipinski definition) is 2. The van der Waals surface area contributed by atoms with Crippen molar-refractivity contribution in [1.82, 2.24) is 9.55 Å². The van der Waals surface area contributed by atoms with Crippen molar-refractivity contribution in [3.63, 3.8) is 0 Å². The second-order valence-corrected chi connectivity index (χ2v) is 7.93. The van der Waals surface area contributed by atoms with Crippen LogP contribution in [-0.2, 0) is 4.79 Å². The third-order valence-corrected chi connectivity index (χ3v) is 5.92. The summed E-state index contributed by atoms with van der Waals surface area (Å²) >= 11 is 0. The molecular weight excluding hydrogens is 435 g/mol. The average Bonchev–Trinajstić information content (AvgIpc) is 3.21. The monoisotopic (exact) mass is 458 g/mol. The molecule has 0 aliphatic carbocycles. The molecule has 1 unspecified atom stereocenters. The van der Waals surface area contributed by atoms with Gasteiger partial charge in [-0.25, -0.2) is 9.37 Å². The van der Waals surface area contributed by atoms with Gasteiger partial charge in [-0.1, -0.05) is 24.3 Å². The van der Waals surface area contributed by atoms with Crippen LogP contribution < -0.4 is 20.1 Å². The maximum atomic E-state index is 13.8. The zero-order valence-corrected chi connectivity index (χ0v) is 18.9. The van der Waals surface area contributed by atoms with Crippen molar-refractivity contribution in [1.29, 1.82) is 0 Å². The number of nitrogens with one attached hydrogen (secondary N) is 2. The van der Waals surface area contributed by atoms with E-state index in [4.69, 9.17) is 14.5 Å². The minimum atomic E-state index is -0.520. The molecule has 1 aliphatic heterocycles. The third kappa shape index (κ3) is 3.63. The highest BCUT2D eigenvalue weighted by Gasteiger charge is 2.34. The minimum Gasteiger partial charge on any atom is -0.497 e. The Morgan fingerprint density at radius 2 is 1.82 bits per heavy atom. The van der Waals surface area contributed by atoms with E-state index in [-0.39, 0.29) is 11.7 Å². The van der Waals surface area contributed by atoms with Gasteiger partial charge in [-0.15, -0.1) is 0 Å². The normalized spacial score (nSPS) is 15.0. The number of carbonyl (C=O) groups excluding carboxylic acids is 1. The number of anilines is 2. The van der Waals surface area contributed by atoms with Crippen molar-refractivity contribution < 1.29 is 18.7 Å². The maximum absolute atomic E-state index is 13.8. The molecule has 0 bridgehead atoms. The van der Waals surface area contributed by atoms with Crippen molar-refractivity contribution in [2.24, 2.45) is 0 Å². The molecule has 0 fully saturated rings. The van der Waals surface area contributed by atoms with Gasteiger partial charge < -0.3 is 20.1 Å². The van der Waals surface area contributed by atoms with Crippen LogP contribution in [0.1, 0.15) is 18.5 Å². The molecule has 0 saturated carbocycles. The first-order valence-corrected chi connectivity index (χ1v) is 10.7. The summed E-state index contributed by atoms with van der Waals surface area (Å²) in [6, 6.07) is 18.5. The van der Waals surface area contributed by atoms with Crippen LogP contribution in [0.5, 0.6) is 11.5 Å². The number of rotatable bonds is 5. The molecule has 1 aliphatic rings. The van der Waals surface area contributed by atoms with Gasteiger partial charge in [0.1, 0.15) is 17.3 Å². The van der Waals surface area contributed by atoms with Gasteiger partial charge in [-0.05, 0) is 48.9 Å². The van der Waals surface area contributed by atoms with Crippen LogP contribution in [-0.4, -0.2) is 29.7 Å². The lowest BCUT2D eigenvalue weighted by molar-refractivity contribution is -0.113. The Morgan fingerprint density at radius 1 is 1.06 bits per heavy atom. The fourth-order valence-corrected chi connectivity index (χ4v) is 4.31. The molecule has 172 valence electrons. The molecule has 3 aromatic carbocycles. The predicted molar refractivity (Wildman–Crippen MR) is 129 cm³/mol. The van der Waals surface area contributed by atoms with Gasteiger partial charge in [0, 0.05) is 11.8 Å². The lowest BCUT2D eigenvalue weighted by Gasteiger charge is -2.31. The van der Waals surface area contributed by atoms with Crippen LogP contribution in [0, 0.1) is 5.82 Å². The molecule has 2 heterocycles. The number of allylic oxidation sites excluding steroid dienone is 1. The summed E-state index contributed by atoms with van der Waals surface area (Å²) in [6.45, 7) is 1.83. The first kappa shape index (κ1) is 21.5. The molecule has 1 aromatic heterocycles. The Bertz CT molecular complexity index is 1430. The molecule has 2 N–H and O–H groups in total. The van der Waals surface area contributed by atoms with E-state index in [2.05, 4.69) is 10.6 Å². The number of benzene rings is 3. The number of para-hydroxylation sites is 2. The van der Waals surface area contributed by atoms with Crippen molar-refractivity contribution >= 4 is 28.6 Å². The van der Waals surface area contributed by atoms with E-state index in [9.17, 15) is 9.18 Å². The van der Waals surface area contributed by atoms with Crippen LogP contribution in [0.4, 0.5) is 16.0 Å². The van der Waals surface area contributed by atoms with Gasteiger partial charge in [0.15, 0.2) is 0 Å². The van der Waals surface area contributed by atoms with E-state index < -0.39 is 6.04 Å². The lowest BCUT2D eigenvalue weighted by atomic mass is 9.94. The Balaban J connectivity index is 1.63. The number of methoxy groups -OCH3 is 2. The van der Waals surface area contributed by atoms with E-state index in [1.54, 1.807) is 37.4 Å². The van der Waals surface area contributed by atoms with Crippen molar-refractivity contribution in [2.45, 2.75) is 13.0 Å². The number of halogens is 1. The number of hydrogen-bond acceptors (Lipinski definition) is 5. The Morgan fingerprint density at radius 3 is 2.56 bits per heavy atom. The zero-order valence-electron chi connectivity index (χ0n) is 18.9. The highest BCUT2D eigenvalue weighted by molar-refractivity contribution is 6.07. The molecule has 1 amide bonds. The number of aromatic nitrogens is 2. The molecule has 8 heteroatoms. The molecule has 0 radical (unpaired) electrons.